The number of aromatic nitrogens is 2. The molecule has 0 atom stereocenters. The quantitative estimate of drug-likeness (QED) is 0.648. The van der Waals surface area contributed by atoms with E-state index in [1.165, 1.54) is 43.5 Å². The molecule has 6 nitrogen and oxygen atoms in total. The third-order valence-electron chi connectivity index (χ3n) is 3.34. The highest BCUT2D eigenvalue weighted by atomic mass is 35.5. The number of aryl methyl sites for hydroxylation is 1. The number of amides is 1. The van der Waals surface area contributed by atoms with E-state index in [0.717, 1.165) is 22.9 Å². The van der Waals surface area contributed by atoms with E-state index in [4.69, 9.17) is 11.6 Å². The van der Waals surface area contributed by atoms with Crippen molar-refractivity contribution in [2.75, 3.05) is 12.1 Å². The summed E-state index contributed by atoms with van der Waals surface area (Å²) in [5, 5.41) is 4.85. The van der Waals surface area contributed by atoms with Crippen LogP contribution in [0.2, 0.25) is 5.02 Å². The fourth-order valence-corrected chi connectivity index (χ4v) is 2.29. The molecule has 0 spiro atoms. The molecular weight excluding hydrogens is 373 g/mol. The van der Waals surface area contributed by atoms with Crippen LogP contribution in [-0.4, -0.2) is 22.7 Å². The molecule has 0 saturated carbocycles. The van der Waals surface area contributed by atoms with Gasteiger partial charge in [-0.25, -0.2) is 4.68 Å². The number of halogens is 4. The van der Waals surface area contributed by atoms with Gasteiger partial charge < -0.3 is 0 Å². The summed E-state index contributed by atoms with van der Waals surface area (Å²) in [6.45, 7) is 0. The first kappa shape index (κ1) is 19.5. The van der Waals surface area contributed by atoms with Crippen LogP contribution in [0.25, 0.3) is 6.08 Å². The van der Waals surface area contributed by atoms with Crippen LogP contribution in [-0.2, 0) is 18.0 Å². The maximum Gasteiger partial charge on any atom is 0.416 e. The van der Waals surface area contributed by atoms with E-state index in [1.54, 1.807) is 0 Å². The lowest BCUT2D eigenvalue weighted by Gasteiger charge is -2.19. The number of hydrogen-bond donors (Lipinski definition) is 1. The third-order valence-corrected chi connectivity index (χ3v) is 3.70. The second-order valence-corrected chi connectivity index (χ2v) is 5.64. The molecule has 2 rings (SSSR count). The van der Waals surface area contributed by atoms with E-state index >= 15 is 0 Å². The molecule has 1 amide bonds. The second kappa shape index (κ2) is 7.61. The number of anilines is 1. The molecule has 0 unspecified atom stereocenters. The molecule has 0 saturated heterocycles. The smallest absolute Gasteiger partial charge is 0.285 e. The van der Waals surface area contributed by atoms with E-state index in [-0.39, 0.29) is 16.3 Å². The van der Waals surface area contributed by atoms with Crippen LogP contribution in [0, 0.1) is 0 Å². The number of alkyl halides is 3. The summed E-state index contributed by atoms with van der Waals surface area (Å²) < 4.78 is 39.0. The zero-order chi connectivity index (χ0) is 19.5. The van der Waals surface area contributed by atoms with Gasteiger partial charge in [-0.15, -0.1) is 0 Å². The van der Waals surface area contributed by atoms with Gasteiger partial charge in [0.15, 0.2) is 0 Å². The Balaban J connectivity index is 2.10. The van der Waals surface area contributed by atoms with Crippen molar-refractivity contribution >= 4 is 29.3 Å². The van der Waals surface area contributed by atoms with E-state index < -0.39 is 23.2 Å². The molecule has 1 aromatic heterocycles. The Kier molecular flexibility index (Phi) is 5.71. The molecule has 138 valence electrons. The lowest BCUT2D eigenvalue weighted by atomic mass is 10.1. The van der Waals surface area contributed by atoms with E-state index in [9.17, 15) is 22.8 Å². The topological polar surface area (TPSA) is 67.2 Å². The molecule has 26 heavy (non-hydrogen) atoms. The zero-order valence-electron chi connectivity index (χ0n) is 13.7. The Morgan fingerprint density at radius 2 is 2.08 bits per heavy atom. The summed E-state index contributed by atoms with van der Waals surface area (Å²) in [7, 11) is 2.87. The van der Waals surface area contributed by atoms with Gasteiger partial charge in [0.2, 0.25) is 0 Å². The van der Waals surface area contributed by atoms with Crippen molar-refractivity contribution in [2.24, 2.45) is 7.05 Å². The Morgan fingerprint density at radius 3 is 2.73 bits per heavy atom. The summed E-state index contributed by atoms with van der Waals surface area (Å²) >= 11 is 5.92. The van der Waals surface area contributed by atoms with Crippen LogP contribution in [0.4, 0.5) is 18.9 Å². The highest BCUT2D eigenvalue weighted by molar-refractivity contribution is 6.33. The first-order valence-electron chi connectivity index (χ1n) is 7.21. The van der Waals surface area contributed by atoms with Gasteiger partial charge >= 0.3 is 6.18 Å². The zero-order valence-corrected chi connectivity index (χ0v) is 14.5. The van der Waals surface area contributed by atoms with Crippen molar-refractivity contribution in [3.8, 4) is 0 Å². The van der Waals surface area contributed by atoms with Crippen molar-refractivity contribution in [3.05, 3.63) is 63.0 Å². The van der Waals surface area contributed by atoms with Crippen LogP contribution in [0.3, 0.4) is 0 Å². The van der Waals surface area contributed by atoms with Crippen molar-refractivity contribution in [3.63, 3.8) is 0 Å². The van der Waals surface area contributed by atoms with Crippen LogP contribution in [0.5, 0.6) is 0 Å². The van der Waals surface area contributed by atoms with Crippen LogP contribution in [0.1, 0.15) is 11.1 Å². The van der Waals surface area contributed by atoms with Gasteiger partial charge in [0.1, 0.15) is 10.7 Å². The molecule has 1 N–H and O–H groups in total. The molecular formula is C16H14ClF3N4O2. The van der Waals surface area contributed by atoms with Gasteiger partial charge in [-0.1, -0.05) is 23.7 Å². The highest BCUT2D eigenvalue weighted by Crippen LogP contribution is 2.29. The summed E-state index contributed by atoms with van der Waals surface area (Å²) in [6, 6.07) is 4.55. The van der Waals surface area contributed by atoms with Crippen LogP contribution in [0.15, 0.2) is 41.3 Å². The van der Waals surface area contributed by atoms with Gasteiger partial charge in [-0.3, -0.25) is 20.0 Å². The largest absolute Gasteiger partial charge is 0.416 e. The maximum absolute atomic E-state index is 12.7. The lowest BCUT2D eigenvalue weighted by molar-refractivity contribution is -0.137. The van der Waals surface area contributed by atoms with E-state index in [1.807, 2.05) is 0 Å². The minimum Gasteiger partial charge on any atom is -0.285 e. The molecule has 0 radical (unpaired) electrons. The predicted molar refractivity (Wildman–Crippen MR) is 91.5 cm³/mol. The van der Waals surface area contributed by atoms with E-state index in [0.29, 0.717) is 0 Å². The Morgan fingerprint density at radius 1 is 1.38 bits per heavy atom. The third kappa shape index (κ3) is 4.63. The Hall–Kier alpha value is -2.81. The number of hydrogen-bond acceptors (Lipinski definition) is 4. The molecule has 0 aliphatic rings. The first-order valence-corrected chi connectivity index (χ1v) is 7.59. The molecule has 2 aromatic rings. The summed E-state index contributed by atoms with van der Waals surface area (Å²) in [5.74, 6) is -0.623. The van der Waals surface area contributed by atoms with Crippen molar-refractivity contribution in [1.82, 2.24) is 15.2 Å². The monoisotopic (exact) mass is 386 g/mol. The maximum atomic E-state index is 12.7. The van der Waals surface area contributed by atoms with Gasteiger partial charge in [-0.05, 0) is 23.8 Å². The number of benzene rings is 1. The predicted octanol–water partition coefficient (Wildman–Crippen LogP) is 2.63. The molecule has 1 heterocycles. The number of carbonyl (C=O) groups is 1. The Labute approximate surface area is 151 Å². The van der Waals surface area contributed by atoms with Crippen molar-refractivity contribution in [2.45, 2.75) is 6.18 Å². The standard InChI is InChI=1S/C16H14ClF3N4O2/c1-23(12-9-21-24(2)15(26)14(12)17)22-13(25)7-6-10-4-3-5-11(8-10)16(18,19)20/h3-9H,1-2H3,(H,22,25). The van der Waals surface area contributed by atoms with Crippen molar-refractivity contribution < 1.29 is 18.0 Å². The fourth-order valence-electron chi connectivity index (χ4n) is 1.99. The van der Waals surface area contributed by atoms with Gasteiger partial charge in [-0.2, -0.15) is 18.3 Å². The van der Waals surface area contributed by atoms with Crippen molar-refractivity contribution in [1.29, 1.82) is 0 Å². The summed E-state index contributed by atoms with van der Waals surface area (Å²) in [5.41, 5.74) is 1.45. The Bertz CT molecular complexity index is 909. The van der Waals surface area contributed by atoms with Gasteiger partial charge in [0.25, 0.3) is 11.5 Å². The fraction of sp³-hybridized carbons (Fsp3) is 0.188. The molecule has 0 bridgehead atoms. The average Bonchev–Trinajstić information content (AvgIpc) is 2.57. The van der Waals surface area contributed by atoms with E-state index in [2.05, 4.69) is 10.5 Å². The van der Waals surface area contributed by atoms with Gasteiger partial charge in [0, 0.05) is 20.2 Å². The first-order chi connectivity index (χ1) is 12.1. The number of rotatable bonds is 4. The molecule has 0 aliphatic carbocycles. The summed E-state index contributed by atoms with van der Waals surface area (Å²) in [4.78, 5) is 23.7. The molecule has 1 aromatic carbocycles. The minimum atomic E-state index is -4.46. The normalized spacial score (nSPS) is 11.6. The van der Waals surface area contributed by atoms with Crippen LogP contribution >= 0.6 is 11.6 Å². The molecule has 0 fully saturated rings. The minimum absolute atomic E-state index is 0.132. The lowest BCUT2D eigenvalue weighted by Crippen LogP contribution is -2.39. The average molecular weight is 387 g/mol. The SMILES string of the molecule is CN(NC(=O)C=Cc1cccc(C(F)(F)F)c1)c1cnn(C)c(=O)c1Cl. The molecule has 0 aliphatic heterocycles. The van der Waals surface area contributed by atoms with Crippen LogP contribution < -0.4 is 16.0 Å². The van der Waals surface area contributed by atoms with Gasteiger partial charge in [0.05, 0.1) is 11.8 Å². The number of carbonyl (C=O) groups excluding carboxylic acids is 1. The number of nitrogens with zero attached hydrogens (tertiary/aromatic N) is 3. The second-order valence-electron chi connectivity index (χ2n) is 5.26. The number of nitrogens with one attached hydrogen (secondary N) is 1. The highest BCUT2D eigenvalue weighted by Gasteiger charge is 2.30. The summed E-state index contributed by atoms with van der Waals surface area (Å²) in [6.07, 6.45) is -0.868. The number of hydrazine groups is 1. The molecule has 10 heteroatoms.